The lowest BCUT2D eigenvalue weighted by atomic mass is 10.2. The molecular weight excluding hydrogens is 306 g/mol. The zero-order valence-corrected chi connectivity index (χ0v) is 13.7. The van der Waals surface area contributed by atoms with Crippen molar-refractivity contribution >= 4 is 12.0 Å². The number of aryl methyl sites for hydroxylation is 1. The van der Waals surface area contributed by atoms with Crippen molar-refractivity contribution in [3.8, 4) is 17.2 Å². The highest BCUT2D eigenvalue weighted by molar-refractivity contribution is 5.89. The van der Waals surface area contributed by atoms with Gasteiger partial charge in [0.15, 0.2) is 11.5 Å². The predicted octanol–water partition coefficient (Wildman–Crippen LogP) is 3.79. The molecule has 0 N–H and O–H groups in total. The number of nitrogens with zero attached hydrogens (tertiary/aromatic N) is 1. The van der Waals surface area contributed by atoms with Gasteiger partial charge in [-0.1, -0.05) is 0 Å². The number of rotatable bonds is 4. The van der Waals surface area contributed by atoms with Crippen molar-refractivity contribution in [1.29, 1.82) is 0 Å². The summed E-state index contributed by atoms with van der Waals surface area (Å²) in [5.74, 6) is 1.29. The van der Waals surface area contributed by atoms with E-state index in [4.69, 9.17) is 14.2 Å². The topological polar surface area (TPSA) is 49.7 Å². The van der Waals surface area contributed by atoms with E-state index >= 15 is 0 Å². The molecule has 5 nitrogen and oxygen atoms in total. The number of benzene rings is 1. The smallest absolute Gasteiger partial charge is 0.336 e. The molecule has 0 saturated heterocycles. The number of esters is 1. The Labute approximate surface area is 140 Å². The summed E-state index contributed by atoms with van der Waals surface area (Å²) in [6, 6.07) is 7.83. The van der Waals surface area contributed by atoms with Crippen LogP contribution in [0.5, 0.6) is 17.2 Å². The number of carbonyl (C=O) groups excluding carboxylic acids is 1. The van der Waals surface area contributed by atoms with Crippen molar-refractivity contribution in [2.24, 2.45) is 0 Å². The first-order chi connectivity index (χ1) is 11.6. The Morgan fingerprint density at radius 3 is 2.79 bits per heavy atom. The van der Waals surface area contributed by atoms with Gasteiger partial charge in [-0.3, -0.25) is 0 Å². The molecule has 0 bridgehead atoms. The zero-order chi connectivity index (χ0) is 16.7. The molecule has 2 aromatic rings. The van der Waals surface area contributed by atoms with Crippen LogP contribution in [-0.2, 0) is 4.79 Å². The van der Waals surface area contributed by atoms with Gasteiger partial charge in [0.1, 0.15) is 5.75 Å². The van der Waals surface area contributed by atoms with Crippen molar-refractivity contribution in [2.45, 2.75) is 32.7 Å². The summed E-state index contributed by atoms with van der Waals surface area (Å²) in [6.07, 6.45) is 5.76. The Hall–Kier alpha value is -2.69. The number of fused-ring (bicyclic) bond motifs is 1. The van der Waals surface area contributed by atoms with Crippen LogP contribution in [0.3, 0.4) is 0 Å². The van der Waals surface area contributed by atoms with E-state index in [2.05, 4.69) is 24.5 Å². The number of hydrogen-bond donors (Lipinski definition) is 0. The minimum Gasteiger partial charge on any atom is -0.454 e. The van der Waals surface area contributed by atoms with Gasteiger partial charge in [0.05, 0.1) is 0 Å². The molecule has 0 spiro atoms. The highest BCUT2D eigenvalue weighted by Crippen LogP contribution is 2.38. The second-order valence-electron chi connectivity index (χ2n) is 6.20. The molecule has 0 radical (unpaired) electrons. The minimum absolute atomic E-state index is 0.198. The van der Waals surface area contributed by atoms with Gasteiger partial charge in [0.2, 0.25) is 6.79 Å². The molecule has 1 fully saturated rings. The van der Waals surface area contributed by atoms with E-state index in [0.717, 1.165) is 5.56 Å². The van der Waals surface area contributed by atoms with Gasteiger partial charge in [-0.15, -0.1) is 0 Å². The van der Waals surface area contributed by atoms with Gasteiger partial charge in [-0.05, 0) is 56.5 Å². The van der Waals surface area contributed by atoms with Crippen molar-refractivity contribution in [3.63, 3.8) is 0 Å². The Morgan fingerprint density at radius 1 is 1.21 bits per heavy atom. The third kappa shape index (κ3) is 2.77. The first-order valence-corrected chi connectivity index (χ1v) is 8.10. The molecule has 2 heterocycles. The summed E-state index contributed by atoms with van der Waals surface area (Å²) in [5, 5.41) is 0. The van der Waals surface area contributed by atoms with Gasteiger partial charge in [0.25, 0.3) is 0 Å². The van der Waals surface area contributed by atoms with Crippen LogP contribution in [0.15, 0.2) is 30.3 Å². The van der Waals surface area contributed by atoms with Gasteiger partial charge in [-0.25, -0.2) is 4.79 Å². The van der Waals surface area contributed by atoms with Crippen LogP contribution in [0.2, 0.25) is 0 Å². The lowest BCUT2D eigenvalue weighted by Gasteiger charge is -2.06. The molecule has 124 valence electrons. The van der Waals surface area contributed by atoms with E-state index in [1.165, 1.54) is 30.3 Å². The molecule has 1 aromatic heterocycles. The summed E-state index contributed by atoms with van der Waals surface area (Å²) in [5.41, 5.74) is 3.49. The molecule has 0 unspecified atom stereocenters. The fraction of sp³-hybridized carbons (Fsp3) is 0.316. The van der Waals surface area contributed by atoms with Crippen LogP contribution in [0.4, 0.5) is 0 Å². The van der Waals surface area contributed by atoms with E-state index in [-0.39, 0.29) is 6.79 Å². The third-order valence-corrected chi connectivity index (χ3v) is 4.40. The SMILES string of the molecule is Cc1cc(/C=C/C(=O)Oc2ccc3c(c2)OCO3)c(C)n1C1CC1. The van der Waals surface area contributed by atoms with E-state index in [1.807, 2.05) is 6.08 Å². The van der Waals surface area contributed by atoms with Crippen molar-refractivity contribution in [2.75, 3.05) is 6.79 Å². The molecule has 24 heavy (non-hydrogen) atoms. The van der Waals surface area contributed by atoms with Gasteiger partial charge in [0, 0.05) is 29.6 Å². The molecule has 4 rings (SSSR count). The van der Waals surface area contributed by atoms with Gasteiger partial charge >= 0.3 is 5.97 Å². The quantitative estimate of drug-likeness (QED) is 0.487. The lowest BCUT2D eigenvalue weighted by molar-refractivity contribution is -0.128. The number of aromatic nitrogens is 1. The summed E-state index contributed by atoms with van der Waals surface area (Å²) >= 11 is 0. The van der Waals surface area contributed by atoms with Gasteiger partial charge in [-0.2, -0.15) is 0 Å². The minimum atomic E-state index is -0.412. The Balaban J connectivity index is 1.46. The van der Waals surface area contributed by atoms with Crippen molar-refractivity contribution < 1.29 is 19.0 Å². The third-order valence-electron chi connectivity index (χ3n) is 4.40. The molecule has 1 aliphatic carbocycles. The maximum atomic E-state index is 12.0. The fourth-order valence-electron chi connectivity index (χ4n) is 3.11. The Bertz CT molecular complexity index is 830. The predicted molar refractivity (Wildman–Crippen MR) is 89.4 cm³/mol. The van der Waals surface area contributed by atoms with Crippen LogP contribution in [0.1, 0.15) is 35.8 Å². The number of hydrogen-bond acceptors (Lipinski definition) is 4. The first kappa shape index (κ1) is 14.9. The van der Waals surface area contributed by atoms with Crippen LogP contribution in [0, 0.1) is 13.8 Å². The van der Waals surface area contributed by atoms with E-state index in [9.17, 15) is 4.79 Å². The molecule has 0 atom stereocenters. The summed E-state index contributed by atoms with van der Waals surface area (Å²) in [4.78, 5) is 12.0. The lowest BCUT2D eigenvalue weighted by Crippen LogP contribution is -2.03. The Kier molecular flexibility index (Phi) is 3.56. The van der Waals surface area contributed by atoms with E-state index in [0.29, 0.717) is 23.3 Å². The van der Waals surface area contributed by atoms with Crippen LogP contribution < -0.4 is 14.2 Å². The second-order valence-corrected chi connectivity index (χ2v) is 6.20. The normalized spacial score (nSPS) is 15.9. The fourth-order valence-corrected chi connectivity index (χ4v) is 3.11. The standard InChI is InChI=1S/C19H19NO4/c1-12-9-14(13(2)20(12)15-4-5-15)3-8-19(21)24-16-6-7-17-18(10-16)23-11-22-17/h3,6-10,15H,4-5,11H2,1-2H3/b8-3+. The molecule has 0 amide bonds. The number of carbonyl (C=O) groups is 1. The van der Waals surface area contributed by atoms with Gasteiger partial charge < -0.3 is 18.8 Å². The van der Waals surface area contributed by atoms with Crippen molar-refractivity contribution in [3.05, 3.63) is 47.3 Å². The highest BCUT2D eigenvalue weighted by atomic mass is 16.7. The largest absolute Gasteiger partial charge is 0.454 e. The highest BCUT2D eigenvalue weighted by Gasteiger charge is 2.26. The Morgan fingerprint density at radius 2 is 2.00 bits per heavy atom. The average Bonchev–Trinajstić information content (AvgIpc) is 3.19. The van der Waals surface area contributed by atoms with Crippen LogP contribution >= 0.6 is 0 Å². The van der Waals surface area contributed by atoms with Crippen LogP contribution in [-0.4, -0.2) is 17.3 Å². The summed E-state index contributed by atoms with van der Waals surface area (Å²) < 4.78 is 18.2. The maximum absolute atomic E-state index is 12.0. The first-order valence-electron chi connectivity index (χ1n) is 8.10. The molecule has 1 aromatic carbocycles. The molecule has 2 aliphatic rings. The molecular formula is C19H19NO4. The summed E-state index contributed by atoms with van der Waals surface area (Å²) in [7, 11) is 0. The monoisotopic (exact) mass is 325 g/mol. The molecule has 1 saturated carbocycles. The van der Waals surface area contributed by atoms with Crippen molar-refractivity contribution in [1.82, 2.24) is 4.57 Å². The van der Waals surface area contributed by atoms with Crippen LogP contribution in [0.25, 0.3) is 6.08 Å². The van der Waals surface area contributed by atoms with E-state index in [1.54, 1.807) is 18.2 Å². The zero-order valence-electron chi connectivity index (χ0n) is 13.7. The molecule has 5 heteroatoms. The second kappa shape index (κ2) is 5.74. The average molecular weight is 325 g/mol. The van der Waals surface area contributed by atoms with E-state index < -0.39 is 5.97 Å². The maximum Gasteiger partial charge on any atom is 0.336 e. The molecule has 1 aliphatic heterocycles. The number of ether oxygens (including phenoxy) is 3. The summed E-state index contributed by atoms with van der Waals surface area (Å²) in [6.45, 7) is 4.39.